The molecule has 142 valence electrons. The number of carbonyl (C=O) groups is 1. The maximum Gasteiger partial charge on any atom is 0.448 e. The topological polar surface area (TPSA) is 52.6 Å². The van der Waals surface area contributed by atoms with Crippen molar-refractivity contribution in [2.24, 2.45) is 0 Å². The van der Waals surface area contributed by atoms with Crippen molar-refractivity contribution in [3.63, 3.8) is 0 Å². The number of carbonyl (C=O) groups excluding carboxylic acids is 1. The van der Waals surface area contributed by atoms with Crippen LogP contribution in [0.1, 0.15) is 26.7 Å². The van der Waals surface area contributed by atoms with Gasteiger partial charge in [-0.1, -0.05) is 55.1 Å². The average Bonchev–Trinajstić information content (AvgIpc) is 2.58. The zero-order valence-electron chi connectivity index (χ0n) is 14.6. The molecule has 0 aliphatic heterocycles. The highest BCUT2D eigenvalue weighted by atomic mass is 32.2. The van der Waals surface area contributed by atoms with Gasteiger partial charge in [-0.2, -0.15) is 8.78 Å². The van der Waals surface area contributed by atoms with E-state index in [1.54, 1.807) is 36.4 Å². The largest absolute Gasteiger partial charge is 0.448 e. The van der Waals surface area contributed by atoms with Crippen LogP contribution >= 0.6 is 19.4 Å². The molecule has 26 heavy (non-hydrogen) atoms. The molecule has 0 N–H and O–H groups in total. The van der Waals surface area contributed by atoms with Crippen molar-refractivity contribution >= 4 is 35.2 Å². The summed E-state index contributed by atoms with van der Waals surface area (Å²) in [5.41, 5.74) is -3.68. The van der Waals surface area contributed by atoms with Gasteiger partial charge in [-0.25, -0.2) is 4.57 Å². The lowest BCUT2D eigenvalue weighted by molar-refractivity contribution is -0.111. The minimum atomic E-state index is -4.76. The quantitative estimate of drug-likeness (QED) is 0.375. The fraction of sp³-hybridized carbons (Fsp3) is 0.389. The van der Waals surface area contributed by atoms with Crippen LogP contribution in [0.4, 0.5) is 8.78 Å². The van der Waals surface area contributed by atoms with E-state index in [1.807, 2.05) is 6.92 Å². The molecule has 0 heterocycles. The van der Waals surface area contributed by atoms with E-state index in [2.05, 4.69) is 0 Å². The van der Waals surface area contributed by atoms with Crippen molar-refractivity contribution in [1.82, 2.24) is 0 Å². The van der Waals surface area contributed by atoms with E-state index in [4.69, 9.17) is 9.05 Å². The Morgan fingerprint density at radius 3 is 2.58 bits per heavy atom. The van der Waals surface area contributed by atoms with Gasteiger partial charge in [-0.3, -0.25) is 9.32 Å². The lowest BCUT2D eigenvalue weighted by Crippen LogP contribution is -2.18. The van der Waals surface area contributed by atoms with Crippen LogP contribution in [0.25, 0.3) is 10.8 Å². The molecule has 2 aromatic rings. The van der Waals surface area contributed by atoms with Gasteiger partial charge < -0.3 is 4.52 Å². The zero-order chi connectivity index (χ0) is 19.2. The molecule has 0 saturated heterocycles. The predicted molar refractivity (Wildman–Crippen MR) is 101 cm³/mol. The summed E-state index contributed by atoms with van der Waals surface area (Å²) in [5.74, 6) is 0.209. The fourth-order valence-corrected chi connectivity index (χ4v) is 4.27. The Morgan fingerprint density at radius 1 is 1.19 bits per heavy atom. The summed E-state index contributed by atoms with van der Waals surface area (Å²) in [6, 6.07) is 11.9. The van der Waals surface area contributed by atoms with E-state index >= 15 is 0 Å². The van der Waals surface area contributed by atoms with Crippen LogP contribution in [0.2, 0.25) is 0 Å². The molecule has 0 spiro atoms. The Hall–Kier alpha value is -1.43. The molecule has 0 aromatic heterocycles. The summed E-state index contributed by atoms with van der Waals surface area (Å²) in [6.45, 7) is 2.11. The third-order valence-electron chi connectivity index (χ3n) is 3.51. The van der Waals surface area contributed by atoms with Crippen molar-refractivity contribution in [2.45, 2.75) is 32.4 Å². The van der Waals surface area contributed by atoms with Crippen LogP contribution in [0.5, 0.6) is 5.75 Å². The zero-order valence-corrected chi connectivity index (χ0v) is 16.3. The van der Waals surface area contributed by atoms with E-state index in [-0.39, 0.29) is 23.2 Å². The van der Waals surface area contributed by atoms with Crippen LogP contribution in [0.15, 0.2) is 42.5 Å². The van der Waals surface area contributed by atoms with Crippen LogP contribution in [0.3, 0.4) is 0 Å². The third-order valence-corrected chi connectivity index (χ3v) is 6.33. The minimum Gasteiger partial charge on any atom is -0.420 e. The van der Waals surface area contributed by atoms with Crippen molar-refractivity contribution < 1.29 is 27.2 Å². The average molecular weight is 402 g/mol. The lowest BCUT2D eigenvalue weighted by Gasteiger charge is -2.24. The van der Waals surface area contributed by atoms with E-state index in [0.29, 0.717) is 25.2 Å². The smallest absolute Gasteiger partial charge is 0.420 e. The second-order valence-corrected chi connectivity index (χ2v) is 9.09. The lowest BCUT2D eigenvalue weighted by atomic mass is 10.1. The fourth-order valence-electron chi connectivity index (χ4n) is 2.21. The molecule has 0 fully saturated rings. The first-order chi connectivity index (χ1) is 12.3. The van der Waals surface area contributed by atoms with Crippen LogP contribution < -0.4 is 4.52 Å². The van der Waals surface area contributed by atoms with Gasteiger partial charge in [-0.05, 0) is 17.9 Å². The second-order valence-electron chi connectivity index (χ2n) is 5.71. The number of thioether (sulfide) groups is 1. The molecule has 4 nitrogen and oxygen atoms in total. The third kappa shape index (κ3) is 5.29. The number of fused-ring (bicyclic) bond motifs is 1. The minimum absolute atomic E-state index is 0.0517. The van der Waals surface area contributed by atoms with Crippen molar-refractivity contribution in [1.29, 1.82) is 0 Å². The summed E-state index contributed by atoms with van der Waals surface area (Å²) in [6.07, 6.45) is 1.11. The Balaban J connectivity index is 2.14. The number of hydrogen-bond donors (Lipinski definition) is 0. The SMILES string of the molecule is CCCC(=O)SCCOP(=O)(Oc1cccc2ccccc12)C(C)(F)F. The summed E-state index contributed by atoms with van der Waals surface area (Å²) in [4.78, 5) is 11.5. The Bertz CT molecular complexity index is 802. The van der Waals surface area contributed by atoms with Crippen LogP contribution in [0, 0.1) is 0 Å². The van der Waals surface area contributed by atoms with E-state index in [9.17, 15) is 18.1 Å². The van der Waals surface area contributed by atoms with Gasteiger partial charge in [0.25, 0.3) is 0 Å². The van der Waals surface area contributed by atoms with Gasteiger partial charge in [0.1, 0.15) is 5.75 Å². The highest BCUT2D eigenvalue weighted by molar-refractivity contribution is 8.13. The standard InChI is InChI=1S/C18H21F2O4PS/c1-3-7-17(21)26-13-12-23-25(22,18(2,19)20)24-16-11-6-9-14-8-4-5-10-15(14)16/h4-6,8-11H,3,7,12-13H2,1-2H3. The van der Waals surface area contributed by atoms with Crippen molar-refractivity contribution in [3.8, 4) is 5.75 Å². The van der Waals surface area contributed by atoms with E-state index in [1.165, 1.54) is 6.07 Å². The van der Waals surface area contributed by atoms with Gasteiger partial charge >= 0.3 is 13.3 Å². The van der Waals surface area contributed by atoms with Gasteiger partial charge in [0.2, 0.25) is 0 Å². The first-order valence-electron chi connectivity index (χ1n) is 8.22. The van der Waals surface area contributed by atoms with E-state index in [0.717, 1.165) is 17.1 Å². The van der Waals surface area contributed by atoms with Crippen molar-refractivity contribution in [3.05, 3.63) is 42.5 Å². The molecule has 0 aliphatic carbocycles. The van der Waals surface area contributed by atoms with Gasteiger partial charge in [0.05, 0.1) is 6.61 Å². The van der Waals surface area contributed by atoms with Gasteiger partial charge in [-0.15, -0.1) is 0 Å². The summed E-state index contributed by atoms with van der Waals surface area (Å²) in [7, 11) is -4.76. The normalized spacial score (nSPS) is 14.2. The van der Waals surface area contributed by atoms with Crippen LogP contribution in [-0.4, -0.2) is 23.1 Å². The Kier molecular flexibility index (Phi) is 7.21. The predicted octanol–water partition coefficient (Wildman–Crippen LogP) is 6.10. The second kappa shape index (κ2) is 8.98. The molecule has 2 aromatic carbocycles. The molecule has 0 saturated carbocycles. The Labute approximate surface area is 155 Å². The summed E-state index contributed by atoms with van der Waals surface area (Å²) < 4.78 is 50.9. The highest BCUT2D eigenvalue weighted by Crippen LogP contribution is 2.61. The molecule has 1 unspecified atom stereocenters. The monoisotopic (exact) mass is 402 g/mol. The van der Waals surface area contributed by atoms with Crippen molar-refractivity contribution in [2.75, 3.05) is 12.4 Å². The molecule has 0 bridgehead atoms. The van der Waals surface area contributed by atoms with Crippen LogP contribution in [-0.2, 0) is 13.9 Å². The maximum absolute atomic E-state index is 14.0. The number of rotatable bonds is 9. The summed E-state index contributed by atoms with van der Waals surface area (Å²) >= 11 is 0.976. The van der Waals surface area contributed by atoms with Gasteiger partial charge in [0.15, 0.2) is 5.12 Å². The van der Waals surface area contributed by atoms with E-state index < -0.39 is 13.3 Å². The molecule has 2 rings (SSSR count). The number of alkyl halides is 2. The molecule has 1 atom stereocenters. The first-order valence-corrected chi connectivity index (χ1v) is 10.7. The molecule has 8 heteroatoms. The first kappa shape index (κ1) is 20.9. The molecular weight excluding hydrogens is 381 g/mol. The number of halogens is 2. The molecule has 0 radical (unpaired) electrons. The Morgan fingerprint density at radius 2 is 1.88 bits per heavy atom. The summed E-state index contributed by atoms with van der Waals surface area (Å²) in [5, 5.41) is 1.29. The maximum atomic E-state index is 14.0. The molecule has 0 aliphatic rings. The molecule has 0 amide bonds. The number of hydrogen-bond acceptors (Lipinski definition) is 5. The highest BCUT2D eigenvalue weighted by Gasteiger charge is 2.51. The molecular formula is C18H21F2O4PS. The van der Waals surface area contributed by atoms with Gasteiger partial charge in [0, 0.05) is 24.5 Å². The number of benzene rings is 2.